The molecule has 8 heteroatoms. The minimum absolute atomic E-state index is 0.0115. The van der Waals surface area contributed by atoms with Crippen molar-refractivity contribution in [2.45, 2.75) is 50.8 Å². The van der Waals surface area contributed by atoms with Gasteiger partial charge in [-0.2, -0.15) is 0 Å². The van der Waals surface area contributed by atoms with Crippen molar-refractivity contribution in [3.8, 4) is 0 Å². The number of rotatable bonds is 9. The van der Waals surface area contributed by atoms with Gasteiger partial charge in [0.1, 0.15) is 0 Å². The van der Waals surface area contributed by atoms with Crippen molar-refractivity contribution in [2.75, 3.05) is 32.8 Å². The van der Waals surface area contributed by atoms with Gasteiger partial charge in [0.15, 0.2) is 0 Å². The predicted molar refractivity (Wildman–Crippen MR) is 120 cm³/mol. The van der Waals surface area contributed by atoms with Gasteiger partial charge in [-0.1, -0.05) is 23.7 Å². The molecule has 0 aliphatic carbocycles. The summed E-state index contributed by atoms with van der Waals surface area (Å²) in [4.78, 5) is 26.5. The molecular weight excluding hydrogens is 416 g/mol. The lowest BCUT2D eigenvalue weighted by molar-refractivity contribution is -0.121. The van der Waals surface area contributed by atoms with Crippen molar-refractivity contribution in [3.05, 3.63) is 46.1 Å². The maximum atomic E-state index is 12.6. The van der Waals surface area contributed by atoms with Gasteiger partial charge in [0.05, 0.1) is 12.5 Å². The van der Waals surface area contributed by atoms with Gasteiger partial charge in [0.25, 0.3) is 0 Å². The average Bonchev–Trinajstić information content (AvgIpc) is 3.49. The first kappa shape index (κ1) is 22.1. The van der Waals surface area contributed by atoms with Crippen LogP contribution in [-0.4, -0.2) is 61.6 Å². The van der Waals surface area contributed by atoms with Crippen molar-refractivity contribution in [2.24, 2.45) is 0 Å². The molecule has 3 heterocycles. The van der Waals surface area contributed by atoms with Gasteiger partial charge >= 0.3 is 0 Å². The number of hydrogen-bond donors (Lipinski definition) is 3. The number of amides is 2. The molecule has 0 radical (unpaired) electrons. The minimum atomic E-state index is 0.0115. The molecule has 3 aliphatic heterocycles. The highest BCUT2D eigenvalue weighted by Crippen LogP contribution is 2.21. The molecule has 31 heavy (non-hydrogen) atoms. The fourth-order valence-corrected chi connectivity index (χ4v) is 4.58. The molecule has 0 aromatic heterocycles. The first-order valence-electron chi connectivity index (χ1n) is 11.1. The van der Waals surface area contributed by atoms with Crippen LogP contribution in [0.1, 0.15) is 37.7 Å². The van der Waals surface area contributed by atoms with Crippen LogP contribution in [0.5, 0.6) is 0 Å². The van der Waals surface area contributed by atoms with Gasteiger partial charge in [0, 0.05) is 62.5 Å². The molecule has 7 nitrogen and oxygen atoms in total. The summed E-state index contributed by atoms with van der Waals surface area (Å²) < 4.78 is 5.74. The molecule has 2 fully saturated rings. The molecular formula is C23H31ClN4O3. The summed E-state index contributed by atoms with van der Waals surface area (Å²) in [7, 11) is 0. The number of hydrogen-bond acceptors (Lipinski definition) is 5. The Balaban J connectivity index is 1.32. The molecule has 3 aliphatic rings. The molecule has 2 atom stereocenters. The Morgan fingerprint density at radius 1 is 1.23 bits per heavy atom. The molecule has 168 valence electrons. The first-order chi connectivity index (χ1) is 15.0. The second kappa shape index (κ2) is 10.5. The minimum Gasteiger partial charge on any atom is -0.385 e. The van der Waals surface area contributed by atoms with Gasteiger partial charge in [-0.3, -0.25) is 14.5 Å². The van der Waals surface area contributed by atoms with E-state index < -0.39 is 0 Å². The van der Waals surface area contributed by atoms with E-state index in [9.17, 15) is 9.59 Å². The van der Waals surface area contributed by atoms with Crippen LogP contribution >= 0.6 is 11.6 Å². The standard InChI is InChI=1S/C23H31ClN4O3/c24-18-5-3-16(4-6-18)11-26-23(30)10-17-13-28(14-19-7-8-22(29)27-19)15-21(17)25-12-20-2-1-9-31-20/h3-6,19-20,25H,1-2,7-15H2,(H,26,30)(H,27,29). The fraction of sp³-hybridized carbons (Fsp3) is 0.565. The molecule has 2 amide bonds. The van der Waals surface area contributed by atoms with E-state index in [1.54, 1.807) is 0 Å². The number of benzene rings is 1. The van der Waals surface area contributed by atoms with E-state index in [0.29, 0.717) is 24.4 Å². The van der Waals surface area contributed by atoms with Crippen LogP contribution < -0.4 is 16.0 Å². The quantitative estimate of drug-likeness (QED) is 0.540. The van der Waals surface area contributed by atoms with Crippen molar-refractivity contribution < 1.29 is 14.3 Å². The Kier molecular flexibility index (Phi) is 7.48. The second-order valence-corrected chi connectivity index (χ2v) is 9.09. The number of halogens is 1. The number of nitrogens with zero attached hydrogens (tertiary/aromatic N) is 1. The fourth-order valence-electron chi connectivity index (χ4n) is 4.46. The zero-order valence-corrected chi connectivity index (χ0v) is 18.5. The largest absolute Gasteiger partial charge is 0.385 e. The Morgan fingerprint density at radius 2 is 2.06 bits per heavy atom. The predicted octanol–water partition coefficient (Wildman–Crippen LogP) is 1.96. The summed E-state index contributed by atoms with van der Waals surface area (Å²) in [5.74, 6) is 0.146. The Hall–Kier alpha value is -2.09. The van der Waals surface area contributed by atoms with Crippen LogP contribution in [0.4, 0.5) is 0 Å². The van der Waals surface area contributed by atoms with Crippen molar-refractivity contribution in [1.82, 2.24) is 20.9 Å². The molecule has 0 saturated carbocycles. The molecule has 1 aromatic carbocycles. The molecule has 1 aromatic rings. The topological polar surface area (TPSA) is 82.7 Å². The van der Waals surface area contributed by atoms with Crippen molar-refractivity contribution >= 4 is 23.4 Å². The smallest absolute Gasteiger partial charge is 0.224 e. The first-order valence-corrected chi connectivity index (χ1v) is 11.5. The highest BCUT2D eigenvalue weighted by Gasteiger charge is 2.29. The zero-order chi connectivity index (χ0) is 21.6. The number of ether oxygens (including phenoxy) is 1. The summed E-state index contributed by atoms with van der Waals surface area (Å²) >= 11 is 5.93. The monoisotopic (exact) mass is 446 g/mol. The lowest BCUT2D eigenvalue weighted by Gasteiger charge is -2.21. The molecule has 0 spiro atoms. The lowest BCUT2D eigenvalue weighted by Crippen LogP contribution is -2.38. The number of carbonyl (C=O) groups excluding carboxylic acids is 2. The summed E-state index contributed by atoms with van der Waals surface area (Å²) in [6.07, 6.45) is 4.29. The highest BCUT2D eigenvalue weighted by atomic mass is 35.5. The van der Waals surface area contributed by atoms with E-state index in [-0.39, 0.29) is 24.0 Å². The Labute approximate surface area is 188 Å². The summed E-state index contributed by atoms with van der Waals surface area (Å²) in [6, 6.07) is 7.70. The van der Waals surface area contributed by atoms with E-state index in [4.69, 9.17) is 16.3 Å². The molecule has 3 N–H and O–H groups in total. The molecule has 0 bridgehead atoms. The van der Waals surface area contributed by atoms with E-state index >= 15 is 0 Å². The SMILES string of the molecule is O=C(CC1=C(NCC2CCCO2)CN(CC2CCC(=O)N2)C1)NCc1ccc(Cl)cc1. The number of nitrogens with one attached hydrogen (secondary N) is 3. The van der Waals surface area contributed by atoms with Gasteiger partial charge in [-0.25, -0.2) is 0 Å². The maximum Gasteiger partial charge on any atom is 0.224 e. The molecule has 2 saturated heterocycles. The van der Waals surface area contributed by atoms with E-state index in [1.165, 1.54) is 0 Å². The van der Waals surface area contributed by atoms with Gasteiger partial charge < -0.3 is 20.7 Å². The van der Waals surface area contributed by atoms with Crippen LogP contribution in [0.2, 0.25) is 5.02 Å². The van der Waals surface area contributed by atoms with Crippen molar-refractivity contribution in [3.63, 3.8) is 0 Å². The van der Waals surface area contributed by atoms with E-state index in [1.807, 2.05) is 24.3 Å². The van der Waals surface area contributed by atoms with Crippen molar-refractivity contribution in [1.29, 1.82) is 0 Å². The summed E-state index contributed by atoms with van der Waals surface area (Å²) in [5, 5.41) is 10.3. The van der Waals surface area contributed by atoms with Gasteiger partial charge in [0.2, 0.25) is 11.8 Å². The van der Waals surface area contributed by atoms with Gasteiger partial charge in [-0.15, -0.1) is 0 Å². The molecule has 2 unspecified atom stereocenters. The third kappa shape index (κ3) is 6.45. The Bertz CT molecular complexity index is 821. The normalized spacial score (nSPS) is 24.0. The zero-order valence-electron chi connectivity index (χ0n) is 17.8. The molecule has 4 rings (SSSR count). The number of carbonyl (C=O) groups is 2. The van der Waals surface area contributed by atoms with Crippen LogP contribution in [0.25, 0.3) is 0 Å². The van der Waals surface area contributed by atoms with Crippen LogP contribution in [-0.2, 0) is 20.9 Å². The third-order valence-corrected chi connectivity index (χ3v) is 6.38. The second-order valence-electron chi connectivity index (χ2n) is 8.65. The third-order valence-electron chi connectivity index (χ3n) is 6.13. The maximum absolute atomic E-state index is 12.6. The lowest BCUT2D eigenvalue weighted by atomic mass is 10.1. The summed E-state index contributed by atoms with van der Waals surface area (Å²) in [6.45, 7) is 4.43. The summed E-state index contributed by atoms with van der Waals surface area (Å²) in [5.41, 5.74) is 3.27. The van der Waals surface area contributed by atoms with Gasteiger partial charge in [-0.05, 0) is 42.5 Å². The van der Waals surface area contributed by atoms with E-state index in [0.717, 1.165) is 68.9 Å². The van der Waals surface area contributed by atoms with Crippen LogP contribution in [0.3, 0.4) is 0 Å². The average molecular weight is 447 g/mol. The van der Waals surface area contributed by atoms with E-state index in [2.05, 4.69) is 20.9 Å². The van der Waals surface area contributed by atoms with Crippen LogP contribution in [0.15, 0.2) is 35.5 Å². The Morgan fingerprint density at radius 3 is 2.77 bits per heavy atom. The highest BCUT2D eigenvalue weighted by molar-refractivity contribution is 6.30. The van der Waals surface area contributed by atoms with Crippen LogP contribution in [0, 0.1) is 0 Å².